The fourth-order valence-corrected chi connectivity index (χ4v) is 1.86. The van der Waals surface area contributed by atoms with Crippen LogP contribution in [-0.4, -0.2) is 10.5 Å². The van der Waals surface area contributed by atoms with E-state index in [0.29, 0.717) is 6.54 Å². The molecule has 0 bridgehead atoms. The van der Waals surface area contributed by atoms with Crippen molar-refractivity contribution in [2.75, 3.05) is 0 Å². The summed E-state index contributed by atoms with van der Waals surface area (Å²) in [6.07, 6.45) is 4.28. The molecule has 0 aliphatic heterocycles. The second kappa shape index (κ2) is 4.82. The number of carbonyl (C=O) groups is 1. The van der Waals surface area contributed by atoms with Crippen molar-refractivity contribution in [3.05, 3.63) is 54.1 Å². The topological polar surface area (TPSA) is 48.9 Å². The first-order valence-electron chi connectivity index (χ1n) is 5.48. The van der Waals surface area contributed by atoms with E-state index in [-0.39, 0.29) is 5.82 Å². The average molecular weight is 230 g/mol. The van der Waals surface area contributed by atoms with Crippen LogP contribution in [0.3, 0.4) is 0 Å². The van der Waals surface area contributed by atoms with Crippen molar-refractivity contribution in [2.24, 2.45) is 7.05 Å². The number of aromatic carboxylic acids is 1. The summed E-state index contributed by atoms with van der Waals surface area (Å²) < 4.78 is 3.25. The number of carbonyl (C=O) groups excluding carboxylic acids is 1. The molecule has 88 valence electrons. The molecule has 0 amide bonds. The molecule has 0 N–H and O–H groups in total. The summed E-state index contributed by atoms with van der Waals surface area (Å²) in [5, 5.41) is 11.0. The van der Waals surface area contributed by atoms with Crippen LogP contribution in [0.2, 0.25) is 0 Å². The number of hydrogen-bond acceptors (Lipinski definition) is 2. The lowest BCUT2D eigenvalue weighted by molar-refractivity contribution is -0.675. The molecule has 0 spiro atoms. The van der Waals surface area contributed by atoms with Crippen molar-refractivity contribution in [3.8, 4) is 0 Å². The molecular formula is C13H14N2O2. The Morgan fingerprint density at radius 3 is 2.71 bits per heavy atom. The van der Waals surface area contributed by atoms with Crippen LogP contribution >= 0.6 is 0 Å². The molecule has 17 heavy (non-hydrogen) atoms. The molecule has 1 heterocycles. The highest BCUT2D eigenvalue weighted by molar-refractivity contribution is 5.79. The number of nitrogens with zero attached hydrogens (tertiary/aromatic N) is 2. The number of hydrogen-bond donors (Lipinski definition) is 0. The fraction of sp³-hybridized carbons (Fsp3) is 0.231. The van der Waals surface area contributed by atoms with Gasteiger partial charge in [-0.2, -0.15) is 0 Å². The van der Waals surface area contributed by atoms with Gasteiger partial charge >= 0.3 is 5.82 Å². The summed E-state index contributed by atoms with van der Waals surface area (Å²) in [5.41, 5.74) is 1.19. The maximum atomic E-state index is 11.0. The first kappa shape index (κ1) is 11.4. The highest BCUT2D eigenvalue weighted by Crippen LogP contribution is 2.03. The predicted octanol–water partition coefficient (Wildman–Crippen LogP) is -0.0812. The van der Waals surface area contributed by atoms with E-state index in [0.717, 1.165) is 6.42 Å². The maximum Gasteiger partial charge on any atom is 0.304 e. The summed E-state index contributed by atoms with van der Waals surface area (Å²) in [5.74, 6) is -0.952. The summed E-state index contributed by atoms with van der Waals surface area (Å²) in [6, 6.07) is 9.98. The van der Waals surface area contributed by atoms with Crippen molar-refractivity contribution in [1.82, 2.24) is 4.57 Å². The quantitative estimate of drug-likeness (QED) is 0.690. The van der Waals surface area contributed by atoms with Crippen molar-refractivity contribution in [3.63, 3.8) is 0 Å². The minimum Gasteiger partial charge on any atom is -0.538 e. The zero-order valence-corrected chi connectivity index (χ0v) is 9.67. The summed E-state index contributed by atoms with van der Waals surface area (Å²) in [7, 11) is 1.70. The summed E-state index contributed by atoms with van der Waals surface area (Å²) >= 11 is 0. The van der Waals surface area contributed by atoms with Gasteiger partial charge < -0.3 is 9.90 Å². The first-order valence-corrected chi connectivity index (χ1v) is 5.48. The largest absolute Gasteiger partial charge is 0.538 e. The minimum absolute atomic E-state index is 0.195. The van der Waals surface area contributed by atoms with E-state index in [1.165, 1.54) is 5.56 Å². The van der Waals surface area contributed by atoms with Gasteiger partial charge in [0.1, 0.15) is 12.4 Å². The molecule has 2 aromatic rings. The van der Waals surface area contributed by atoms with Crippen LogP contribution in [0.4, 0.5) is 0 Å². The number of rotatable bonds is 4. The van der Waals surface area contributed by atoms with Gasteiger partial charge in [0.05, 0.1) is 13.6 Å². The molecule has 4 nitrogen and oxygen atoms in total. The average Bonchev–Trinajstić information content (AvgIpc) is 2.69. The minimum atomic E-state index is -1.15. The smallest absolute Gasteiger partial charge is 0.304 e. The second-order valence-electron chi connectivity index (χ2n) is 3.95. The normalized spacial score (nSPS) is 10.4. The number of aryl methyl sites for hydroxylation is 3. The molecule has 0 unspecified atom stereocenters. The lowest BCUT2D eigenvalue weighted by Crippen LogP contribution is -2.41. The van der Waals surface area contributed by atoms with E-state index in [1.54, 1.807) is 28.6 Å². The highest BCUT2D eigenvalue weighted by atomic mass is 16.4. The molecule has 4 heteroatoms. The van der Waals surface area contributed by atoms with Crippen molar-refractivity contribution >= 4 is 5.97 Å². The van der Waals surface area contributed by atoms with Gasteiger partial charge in [0, 0.05) is 6.42 Å². The van der Waals surface area contributed by atoms with Crippen LogP contribution < -0.4 is 9.67 Å². The second-order valence-corrected chi connectivity index (χ2v) is 3.95. The van der Waals surface area contributed by atoms with Crippen molar-refractivity contribution < 1.29 is 14.5 Å². The predicted molar refractivity (Wildman–Crippen MR) is 60.1 cm³/mol. The first-order chi connectivity index (χ1) is 8.18. The molecule has 1 aromatic carbocycles. The van der Waals surface area contributed by atoms with Crippen molar-refractivity contribution in [1.29, 1.82) is 0 Å². The van der Waals surface area contributed by atoms with Gasteiger partial charge in [-0.25, -0.2) is 9.13 Å². The lowest BCUT2D eigenvalue weighted by atomic mass is 10.1. The van der Waals surface area contributed by atoms with Crippen LogP contribution in [0.15, 0.2) is 42.7 Å². The third kappa shape index (κ3) is 2.53. The molecule has 0 aliphatic rings. The third-order valence-electron chi connectivity index (χ3n) is 2.74. The molecule has 0 atom stereocenters. The van der Waals surface area contributed by atoms with E-state index in [1.807, 2.05) is 30.3 Å². The third-order valence-corrected chi connectivity index (χ3v) is 2.74. The Bertz CT molecular complexity index is 517. The molecule has 0 saturated carbocycles. The van der Waals surface area contributed by atoms with Gasteiger partial charge in [-0.15, -0.1) is 0 Å². The Morgan fingerprint density at radius 2 is 2.06 bits per heavy atom. The number of carboxylic acid groups (broad SMARTS) is 1. The molecule has 1 aromatic heterocycles. The molecule has 0 fully saturated rings. The van der Waals surface area contributed by atoms with Gasteiger partial charge in [-0.1, -0.05) is 30.3 Å². The van der Waals surface area contributed by atoms with Crippen LogP contribution in [-0.2, 0) is 20.0 Å². The van der Waals surface area contributed by atoms with E-state index >= 15 is 0 Å². The number of benzene rings is 1. The molecule has 0 saturated heterocycles. The van der Waals surface area contributed by atoms with Gasteiger partial charge in [-0.3, -0.25) is 0 Å². The van der Waals surface area contributed by atoms with Crippen LogP contribution in [0.25, 0.3) is 0 Å². The van der Waals surface area contributed by atoms with Gasteiger partial charge in [-0.05, 0) is 5.56 Å². The van der Waals surface area contributed by atoms with Crippen LogP contribution in [0, 0.1) is 0 Å². The maximum absolute atomic E-state index is 11.0. The Hall–Kier alpha value is -2.10. The Balaban J connectivity index is 2.12. The monoisotopic (exact) mass is 230 g/mol. The number of aromatic nitrogens is 2. The SMILES string of the molecule is C[n+]1ccn(CCc2ccccc2)c1C(=O)[O-]. The molecular weight excluding hydrogens is 216 g/mol. The molecule has 0 radical (unpaired) electrons. The Morgan fingerprint density at radius 1 is 1.35 bits per heavy atom. The summed E-state index contributed by atoms with van der Waals surface area (Å²) in [4.78, 5) is 11.0. The standard InChI is InChI=1S/C13H14N2O2/c1-14-9-10-15(12(14)13(16)17)8-7-11-5-3-2-4-6-11/h2-6,9-10H,7-8H2,1H3. The van der Waals surface area contributed by atoms with Crippen molar-refractivity contribution in [2.45, 2.75) is 13.0 Å². The zero-order valence-electron chi connectivity index (χ0n) is 9.67. The van der Waals surface area contributed by atoms with E-state index in [2.05, 4.69) is 0 Å². The van der Waals surface area contributed by atoms with E-state index in [9.17, 15) is 9.90 Å². The lowest BCUT2D eigenvalue weighted by Gasteiger charge is -2.03. The number of imidazole rings is 1. The van der Waals surface area contributed by atoms with E-state index < -0.39 is 5.97 Å². The summed E-state index contributed by atoms with van der Waals surface area (Å²) in [6.45, 7) is 0.633. The molecule has 0 aliphatic carbocycles. The Labute approximate surface area is 99.8 Å². The van der Waals surface area contributed by atoms with E-state index in [4.69, 9.17) is 0 Å². The Kier molecular flexibility index (Phi) is 3.23. The van der Waals surface area contributed by atoms with Crippen LogP contribution in [0.1, 0.15) is 16.2 Å². The van der Waals surface area contributed by atoms with Gasteiger partial charge in [0.15, 0.2) is 5.97 Å². The van der Waals surface area contributed by atoms with Gasteiger partial charge in [0.25, 0.3) is 0 Å². The van der Waals surface area contributed by atoms with Crippen LogP contribution in [0.5, 0.6) is 0 Å². The zero-order chi connectivity index (χ0) is 12.3. The molecule has 2 rings (SSSR count). The van der Waals surface area contributed by atoms with Gasteiger partial charge in [0.2, 0.25) is 0 Å². The number of carboxylic acids is 1. The highest BCUT2D eigenvalue weighted by Gasteiger charge is 2.15. The fourth-order valence-electron chi connectivity index (χ4n) is 1.86.